The van der Waals surface area contributed by atoms with Crippen molar-refractivity contribution >= 4 is 85.8 Å². The molecule has 0 bridgehead atoms. The van der Waals surface area contributed by atoms with Gasteiger partial charge in [0.1, 0.15) is 12.4 Å². The highest BCUT2D eigenvalue weighted by Gasteiger charge is 2.35. The van der Waals surface area contributed by atoms with Gasteiger partial charge in [0.2, 0.25) is 0 Å². The van der Waals surface area contributed by atoms with Crippen LogP contribution in [0.2, 0.25) is 5.02 Å². The molecule has 0 saturated carbocycles. The normalized spacial score (nSPS) is 15.0. The molecule has 2 amide bonds. The Morgan fingerprint density at radius 2 is 1.59 bits per heavy atom. The molecule has 162 valence electrons. The molecule has 1 aliphatic heterocycles. The molecule has 0 aliphatic carbocycles. The van der Waals surface area contributed by atoms with Crippen LogP contribution in [0.3, 0.4) is 0 Å². The van der Waals surface area contributed by atoms with E-state index in [0.717, 1.165) is 41.3 Å². The Morgan fingerprint density at radius 1 is 0.938 bits per heavy atom. The Morgan fingerprint density at radius 3 is 2.25 bits per heavy atom. The third-order valence-corrected chi connectivity index (χ3v) is 7.43. The summed E-state index contributed by atoms with van der Waals surface area (Å²) in [6.45, 7) is 0.705. The van der Waals surface area contributed by atoms with E-state index in [-0.39, 0.29) is 17.7 Å². The van der Waals surface area contributed by atoms with E-state index in [1.165, 1.54) is 4.90 Å². The highest BCUT2D eigenvalue weighted by atomic mass is 127. The molecule has 0 aromatic heterocycles. The van der Waals surface area contributed by atoms with E-state index in [1.54, 1.807) is 18.2 Å². The summed E-state index contributed by atoms with van der Waals surface area (Å²) in [5, 5.41) is 0.339. The fourth-order valence-electron chi connectivity index (χ4n) is 3.09. The van der Waals surface area contributed by atoms with Gasteiger partial charge in [-0.1, -0.05) is 54.1 Å². The summed E-state index contributed by atoms with van der Waals surface area (Å²) in [4.78, 5) is 27.0. The fraction of sp³-hybridized carbons (Fsp3) is 0.0833. The first-order valence-corrected chi connectivity index (χ1v) is 12.9. The number of ether oxygens (including phenoxy) is 1. The minimum Gasteiger partial charge on any atom is -0.487 e. The molecule has 32 heavy (non-hydrogen) atoms. The highest BCUT2D eigenvalue weighted by molar-refractivity contribution is 14.1. The zero-order chi connectivity index (χ0) is 22.7. The summed E-state index contributed by atoms with van der Waals surface area (Å²) in [6.07, 6.45) is 1.76. The quantitative estimate of drug-likeness (QED) is 0.201. The SMILES string of the molecule is O=C1S/C(=C\c2cc(I)c(OCc3ccccc3)c(I)c2)C(=O)N1Cc1ccc(Cl)cc1. The number of halogens is 3. The lowest BCUT2D eigenvalue weighted by Gasteiger charge is -2.13. The van der Waals surface area contributed by atoms with Crippen LogP contribution in [0, 0.1) is 7.14 Å². The summed E-state index contributed by atoms with van der Waals surface area (Å²) in [5.41, 5.74) is 2.79. The average molecular weight is 688 g/mol. The second-order valence-corrected chi connectivity index (χ2v) is 10.7. The number of rotatable bonds is 6. The average Bonchev–Trinajstić information content (AvgIpc) is 3.02. The molecule has 0 atom stereocenters. The number of hydrogen-bond donors (Lipinski definition) is 0. The molecule has 1 heterocycles. The second-order valence-electron chi connectivity index (χ2n) is 6.98. The molecule has 0 unspecified atom stereocenters. The van der Waals surface area contributed by atoms with E-state index >= 15 is 0 Å². The minimum absolute atomic E-state index is 0.223. The maximum Gasteiger partial charge on any atom is 0.293 e. The maximum atomic E-state index is 12.8. The van der Waals surface area contributed by atoms with Crippen molar-refractivity contribution < 1.29 is 14.3 Å². The topological polar surface area (TPSA) is 46.6 Å². The van der Waals surface area contributed by atoms with Gasteiger partial charge in [0.25, 0.3) is 11.1 Å². The number of amides is 2. The van der Waals surface area contributed by atoms with Gasteiger partial charge in [-0.2, -0.15) is 0 Å². The third kappa shape index (κ3) is 5.67. The predicted molar refractivity (Wildman–Crippen MR) is 146 cm³/mol. The Hall–Kier alpha value is -1.56. The number of carbonyl (C=O) groups is 2. The molecule has 1 saturated heterocycles. The summed E-state index contributed by atoms with van der Waals surface area (Å²) in [7, 11) is 0. The molecule has 0 N–H and O–H groups in total. The summed E-state index contributed by atoms with van der Waals surface area (Å²) < 4.78 is 7.91. The van der Waals surface area contributed by atoms with Crippen LogP contribution < -0.4 is 4.74 Å². The highest BCUT2D eigenvalue weighted by Crippen LogP contribution is 2.35. The van der Waals surface area contributed by atoms with Crippen LogP contribution in [0.5, 0.6) is 5.75 Å². The minimum atomic E-state index is -0.288. The predicted octanol–water partition coefficient (Wildman–Crippen LogP) is 7.36. The molecular formula is C24H16ClI2NO3S. The van der Waals surface area contributed by atoms with Crippen LogP contribution in [0.1, 0.15) is 16.7 Å². The summed E-state index contributed by atoms with van der Waals surface area (Å²) in [6, 6.07) is 21.0. The maximum absolute atomic E-state index is 12.8. The molecular weight excluding hydrogens is 672 g/mol. The van der Waals surface area contributed by atoms with Crippen LogP contribution in [0.25, 0.3) is 6.08 Å². The summed E-state index contributed by atoms with van der Waals surface area (Å²) >= 11 is 11.3. The number of hydrogen-bond acceptors (Lipinski definition) is 4. The Labute approximate surface area is 222 Å². The van der Waals surface area contributed by atoms with Gasteiger partial charge in [-0.05, 0) is 104 Å². The largest absolute Gasteiger partial charge is 0.487 e. The lowest BCUT2D eigenvalue weighted by Crippen LogP contribution is -2.27. The molecule has 3 aromatic carbocycles. The number of nitrogens with zero attached hydrogens (tertiary/aromatic N) is 1. The Kier molecular flexibility index (Phi) is 7.80. The fourth-order valence-corrected chi connectivity index (χ4v) is 6.18. The first-order chi connectivity index (χ1) is 15.4. The van der Waals surface area contributed by atoms with E-state index in [9.17, 15) is 9.59 Å². The van der Waals surface area contributed by atoms with Gasteiger partial charge in [0.15, 0.2) is 0 Å². The smallest absolute Gasteiger partial charge is 0.293 e. The van der Waals surface area contributed by atoms with Crippen LogP contribution in [0.15, 0.2) is 71.6 Å². The number of carbonyl (C=O) groups excluding carboxylic acids is 2. The standard InChI is InChI=1S/C24H16ClI2NO3S/c25-18-8-6-15(7-9-18)13-28-23(29)21(32-24(28)30)12-17-10-19(26)22(20(27)11-17)31-14-16-4-2-1-3-5-16/h1-12H,13-14H2/b21-12-. The lowest BCUT2D eigenvalue weighted by atomic mass is 10.2. The number of benzene rings is 3. The Bertz CT molecular complexity index is 1180. The van der Waals surface area contributed by atoms with Crippen LogP contribution in [-0.2, 0) is 17.9 Å². The monoisotopic (exact) mass is 687 g/mol. The molecule has 1 fully saturated rings. The lowest BCUT2D eigenvalue weighted by molar-refractivity contribution is -0.123. The Balaban J connectivity index is 1.50. The summed E-state index contributed by atoms with van der Waals surface area (Å²) in [5.74, 6) is 0.521. The molecule has 0 radical (unpaired) electrons. The van der Waals surface area contributed by atoms with Crippen LogP contribution >= 0.6 is 68.5 Å². The van der Waals surface area contributed by atoms with Gasteiger partial charge in [-0.25, -0.2) is 0 Å². The van der Waals surface area contributed by atoms with Gasteiger partial charge in [-0.15, -0.1) is 0 Å². The molecule has 4 rings (SSSR count). The first-order valence-electron chi connectivity index (χ1n) is 9.56. The van der Waals surface area contributed by atoms with E-state index in [1.807, 2.05) is 54.6 Å². The van der Waals surface area contributed by atoms with Gasteiger partial charge < -0.3 is 4.74 Å². The molecule has 3 aromatic rings. The van der Waals surface area contributed by atoms with Crippen molar-refractivity contribution in [3.8, 4) is 5.75 Å². The number of thioether (sulfide) groups is 1. The van der Waals surface area contributed by atoms with Crippen molar-refractivity contribution in [1.29, 1.82) is 0 Å². The molecule has 8 heteroatoms. The van der Waals surface area contributed by atoms with E-state index < -0.39 is 0 Å². The molecule has 4 nitrogen and oxygen atoms in total. The zero-order valence-electron chi connectivity index (χ0n) is 16.6. The van der Waals surface area contributed by atoms with Crippen molar-refractivity contribution in [2.24, 2.45) is 0 Å². The zero-order valence-corrected chi connectivity index (χ0v) is 22.4. The van der Waals surface area contributed by atoms with Crippen molar-refractivity contribution in [2.75, 3.05) is 0 Å². The number of imide groups is 1. The second kappa shape index (κ2) is 10.6. The van der Waals surface area contributed by atoms with E-state index in [4.69, 9.17) is 16.3 Å². The van der Waals surface area contributed by atoms with Crippen LogP contribution in [0.4, 0.5) is 4.79 Å². The molecule has 1 aliphatic rings. The van der Waals surface area contributed by atoms with Crippen molar-refractivity contribution in [1.82, 2.24) is 4.90 Å². The van der Waals surface area contributed by atoms with Gasteiger partial charge >= 0.3 is 0 Å². The third-order valence-electron chi connectivity index (χ3n) is 4.67. The van der Waals surface area contributed by atoms with Gasteiger partial charge in [0, 0.05) is 5.02 Å². The van der Waals surface area contributed by atoms with Gasteiger partial charge in [0.05, 0.1) is 18.6 Å². The van der Waals surface area contributed by atoms with E-state index in [2.05, 4.69) is 45.2 Å². The van der Waals surface area contributed by atoms with E-state index in [0.29, 0.717) is 16.5 Å². The first kappa shape index (κ1) is 23.6. The van der Waals surface area contributed by atoms with Crippen molar-refractivity contribution in [3.05, 3.63) is 100 Å². The molecule has 0 spiro atoms. The van der Waals surface area contributed by atoms with Gasteiger partial charge in [-0.3, -0.25) is 14.5 Å². The van der Waals surface area contributed by atoms with Crippen molar-refractivity contribution in [3.63, 3.8) is 0 Å². The van der Waals surface area contributed by atoms with Crippen molar-refractivity contribution in [2.45, 2.75) is 13.2 Å². The van der Waals surface area contributed by atoms with Crippen LogP contribution in [-0.4, -0.2) is 16.0 Å².